The first kappa shape index (κ1) is 19.4. The van der Waals surface area contributed by atoms with Crippen molar-refractivity contribution in [3.05, 3.63) is 54.6 Å². The van der Waals surface area contributed by atoms with E-state index in [1.807, 2.05) is 48.8 Å². The summed E-state index contributed by atoms with van der Waals surface area (Å²) < 4.78 is 7.70. The van der Waals surface area contributed by atoms with Crippen LogP contribution in [-0.4, -0.2) is 38.9 Å². The number of carbonyl (C=O) groups is 1. The molecule has 0 unspecified atom stereocenters. The van der Waals surface area contributed by atoms with Gasteiger partial charge in [0, 0.05) is 42.8 Å². The van der Waals surface area contributed by atoms with Gasteiger partial charge in [0.15, 0.2) is 5.82 Å². The van der Waals surface area contributed by atoms with E-state index >= 15 is 0 Å². The second-order valence-corrected chi connectivity index (χ2v) is 7.93. The molecule has 3 heterocycles. The number of carbonyl (C=O) groups excluding carboxylic acids is 1. The highest BCUT2D eigenvalue weighted by Crippen LogP contribution is 2.33. The minimum atomic E-state index is -0.237. The number of nitrogens with one attached hydrogen (secondary N) is 2. The summed E-state index contributed by atoms with van der Waals surface area (Å²) >= 11 is 0. The Kier molecular flexibility index (Phi) is 5.49. The summed E-state index contributed by atoms with van der Waals surface area (Å²) in [6.45, 7) is 5.48. The van der Waals surface area contributed by atoms with Crippen molar-refractivity contribution in [3.8, 4) is 11.4 Å². The van der Waals surface area contributed by atoms with Crippen molar-refractivity contribution < 1.29 is 9.53 Å². The van der Waals surface area contributed by atoms with Crippen molar-refractivity contribution >= 4 is 11.6 Å². The molecule has 0 saturated carbocycles. The summed E-state index contributed by atoms with van der Waals surface area (Å²) in [4.78, 5) is 17.5. The maximum absolute atomic E-state index is 12.9. The van der Waals surface area contributed by atoms with Crippen LogP contribution >= 0.6 is 0 Å². The lowest BCUT2D eigenvalue weighted by molar-refractivity contribution is -0.119. The standard InChI is InChI=1S/C22H27N5O2/c1-16(2)20-24-21(26-25-20)17-6-5-7-18(14-17)23-19(28)15-22(8-12-29-13-9-22)27-10-3-4-11-27/h3-7,10-11,14,16H,8-9,12-13,15H2,1-2H3,(H,23,28)(H,24,25,26). The Morgan fingerprint density at radius 2 is 2.00 bits per heavy atom. The van der Waals surface area contributed by atoms with Gasteiger partial charge in [0.1, 0.15) is 5.82 Å². The van der Waals surface area contributed by atoms with E-state index in [0.717, 1.165) is 29.9 Å². The molecular formula is C22H27N5O2. The van der Waals surface area contributed by atoms with E-state index in [9.17, 15) is 4.79 Å². The monoisotopic (exact) mass is 393 g/mol. The van der Waals surface area contributed by atoms with Crippen LogP contribution in [0.4, 0.5) is 5.69 Å². The number of ether oxygens (including phenoxy) is 1. The van der Waals surface area contributed by atoms with E-state index in [-0.39, 0.29) is 17.4 Å². The number of hydrogen-bond acceptors (Lipinski definition) is 4. The highest BCUT2D eigenvalue weighted by Gasteiger charge is 2.36. The molecule has 0 radical (unpaired) electrons. The van der Waals surface area contributed by atoms with Crippen molar-refractivity contribution in [2.45, 2.75) is 44.6 Å². The molecule has 0 spiro atoms. The van der Waals surface area contributed by atoms with E-state index in [1.165, 1.54) is 0 Å². The summed E-state index contributed by atoms with van der Waals surface area (Å²) in [5.41, 5.74) is 1.38. The maximum atomic E-state index is 12.9. The third-order valence-corrected chi connectivity index (χ3v) is 5.52. The number of amides is 1. The summed E-state index contributed by atoms with van der Waals surface area (Å²) in [7, 11) is 0. The van der Waals surface area contributed by atoms with Gasteiger partial charge in [-0.2, -0.15) is 5.10 Å². The van der Waals surface area contributed by atoms with Crippen LogP contribution in [0.2, 0.25) is 0 Å². The first-order valence-electron chi connectivity index (χ1n) is 10.1. The number of H-pyrrole nitrogens is 1. The largest absolute Gasteiger partial charge is 0.381 e. The van der Waals surface area contributed by atoms with Crippen molar-refractivity contribution in [1.82, 2.24) is 19.7 Å². The molecule has 0 aliphatic carbocycles. The molecule has 0 bridgehead atoms. The fourth-order valence-electron chi connectivity index (χ4n) is 3.83. The second-order valence-electron chi connectivity index (χ2n) is 7.93. The maximum Gasteiger partial charge on any atom is 0.226 e. The van der Waals surface area contributed by atoms with Crippen molar-refractivity contribution in [3.63, 3.8) is 0 Å². The van der Waals surface area contributed by atoms with Crippen LogP contribution in [0.1, 0.15) is 44.9 Å². The smallest absolute Gasteiger partial charge is 0.226 e. The Labute approximate surface area is 170 Å². The molecular weight excluding hydrogens is 366 g/mol. The third kappa shape index (κ3) is 4.24. The number of hydrogen-bond donors (Lipinski definition) is 2. The molecule has 7 nitrogen and oxygen atoms in total. The van der Waals surface area contributed by atoms with Crippen LogP contribution in [0.3, 0.4) is 0 Å². The van der Waals surface area contributed by atoms with Gasteiger partial charge in [-0.3, -0.25) is 9.89 Å². The summed E-state index contributed by atoms with van der Waals surface area (Å²) in [6, 6.07) is 11.7. The van der Waals surface area contributed by atoms with Crippen molar-refractivity contribution in [2.24, 2.45) is 0 Å². The molecule has 7 heteroatoms. The van der Waals surface area contributed by atoms with Gasteiger partial charge in [0.25, 0.3) is 0 Å². The Hall–Kier alpha value is -2.93. The predicted molar refractivity (Wildman–Crippen MR) is 112 cm³/mol. The number of aromatic nitrogens is 4. The zero-order valence-electron chi connectivity index (χ0n) is 16.9. The zero-order valence-corrected chi connectivity index (χ0v) is 16.9. The molecule has 1 fully saturated rings. The zero-order chi connectivity index (χ0) is 20.3. The Morgan fingerprint density at radius 1 is 1.24 bits per heavy atom. The molecule has 3 aromatic rings. The van der Waals surface area contributed by atoms with Crippen LogP contribution in [0.5, 0.6) is 0 Å². The molecule has 0 atom stereocenters. The van der Waals surface area contributed by atoms with Gasteiger partial charge in [-0.1, -0.05) is 26.0 Å². The molecule has 1 aliphatic heterocycles. The van der Waals surface area contributed by atoms with E-state index in [4.69, 9.17) is 4.74 Å². The highest BCUT2D eigenvalue weighted by molar-refractivity contribution is 5.92. The van der Waals surface area contributed by atoms with Gasteiger partial charge >= 0.3 is 0 Å². The number of nitrogens with zero attached hydrogens (tertiary/aromatic N) is 3. The minimum absolute atomic E-state index is 0.00407. The molecule has 152 valence electrons. The Morgan fingerprint density at radius 3 is 2.69 bits per heavy atom. The topological polar surface area (TPSA) is 84.8 Å². The van der Waals surface area contributed by atoms with Crippen LogP contribution in [0.15, 0.2) is 48.8 Å². The molecule has 1 saturated heterocycles. The van der Waals surface area contributed by atoms with E-state index < -0.39 is 0 Å². The summed E-state index contributed by atoms with van der Waals surface area (Å²) in [5, 5.41) is 10.3. The quantitative estimate of drug-likeness (QED) is 0.664. The van der Waals surface area contributed by atoms with Gasteiger partial charge in [0.05, 0.1) is 12.0 Å². The van der Waals surface area contributed by atoms with Crippen LogP contribution in [0, 0.1) is 0 Å². The second kappa shape index (κ2) is 8.21. The average Bonchev–Trinajstić information content (AvgIpc) is 3.41. The fraction of sp³-hybridized carbons (Fsp3) is 0.409. The number of benzene rings is 1. The van der Waals surface area contributed by atoms with Gasteiger partial charge in [0.2, 0.25) is 5.91 Å². The van der Waals surface area contributed by atoms with Crippen LogP contribution < -0.4 is 5.32 Å². The number of anilines is 1. The molecule has 4 rings (SSSR count). The van der Waals surface area contributed by atoms with E-state index in [1.54, 1.807) is 0 Å². The van der Waals surface area contributed by atoms with Crippen molar-refractivity contribution in [2.75, 3.05) is 18.5 Å². The first-order chi connectivity index (χ1) is 14.1. The normalized spacial score (nSPS) is 16.1. The van der Waals surface area contributed by atoms with Gasteiger partial charge in [-0.05, 0) is 37.1 Å². The average molecular weight is 393 g/mol. The molecule has 29 heavy (non-hydrogen) atoms. The van der Waals surface area contributed by atoms with Gasteiger partial charge in [-0.25, -0.2) is 4.98 Å². The van der Waals surface area contributed by atoms with E-state index in [0.29, 0.717) is 25.5 Å². The van der Waals surface area contributed by atoms with E-state index in [2.05, 4.69) is 38.9 Å². The fourth-order valence-corrected chi connectivity index (χ4v) is 3.83. The summed E-state index contributed by atoms with van der Waals surface area (Å²) in [5.74, 6) is 1.76. The molecule has 2 aromatic heterocycles. The van der Waals surface area contributed by atoms with Crippen LogP contribution in [0.25, 0.3) is 11.4 Å². The summed E-state index contributed by atoms with van der Waals surface area (Å²) in [6.07, 6.45) is 6.13. The number of aromatic amines is 1. The lowest BCUT2D eigenvalue weighted by Crippen LogP contribution is -2.42. The SMILES string of the molecule is CC(C)c1nc(-c2cccc(NC(=O)CC3(n4cccc4)CCOCC3)c2)n[nH]1. The predicted octanol–water partition coefficient (Wildman–Crippen LogP) is 3.93. The molecule has 1 aromatic carbocycles. The third-order valence-electron chi connectivity index (χ3n) is 5.52. The van der Waals surface area contributed by atoms with Crippen molar-refractivity contribution in [1.29, 1.82) is 0 Å². The van der Waals surface area contributed by atoms with Gasteiger partial charge < -0.3 is 14.6 Å². The molecule has 1 amide bonds. The molecule has 1 aliphatic rings. The minimum Gasteiger partial charge on any atom is -0.381 e. The van der Waals surface area contributed by atoms with Crippen LogP contribution in [-0.2, 0) is 15.1 Å². The first-order valence-corrected chi connectivity index (χ1v) is 10.1. The Bertz CT molecular complexity index is 955. The Balaban J connectivity index is 1.49. The lowest BCUT2D eigenvalue weighted by atomic mass is 9.86. The molecule has 2 N–H and O–H groups in total. The number of rotatable bonds is 6. The van der Waals surface area contributed by atoms with Gasteiger partial charge in [-0.15, -0.1) is 0 Å². The highest BCUT2D eigenvalue weighted by atomic mass is 16.5. The lowest BCUT2D eigenvalue weighted by Gasteiger charge is -2.38.